The summed E-state index contributed by atoms with van der Waals surface area (Å²) in [5.41, 5.74) is 0. The zero-order chi connectivity index (χ0) is 10.4. The molecule has 0 aliphatic rings. The summed E-state index contributed by atoms with van der Waals surface area (Å²) >= 11 is 0. The monoisotopic (exact) mass is 251 g/mol. The third kappa shape index (κ3) is 32.4. The van der Waals surface area contributed by atoms with E-state index in [-0.39, 0.29) is 9.90 Å². The standard InChI is InChI=1S/C2H7O4P.H3O4P.P/c1-5-7(3,4)6-2;1-5(2,3)4;/h1-2H3,(H,3,4);(H3,1,2,3,4);/q;;+4/p-4. The summed E-state index contributed by atoms with van der Waals surface area (Å²) in [4.78, 5) is 35.6. The van der Waals surface area contributed by atoms with Crippen molar-refractivity contribution in [2.75, 3.05) is 14.2 Å². The molecular weight excluding hydrogens is 245 g/mol. The molecule has 0 aromatic heterocycles. The van der Waals surface area contributed by atoms with Crippen molar-refractivity contribution in [3.8, 4) is 0 Å². The van der Waals surface area contributed by atoms with Crippen molar-refractivity contribution in [3.05, 3.63) is 0 Å². The van der Waals surface area contributed by atoms with Crippen LogP contribution in [0, 0.1) is 0 Å². The van der Waals surface area contributed by atoms with E-state index in [4.69, 9.17) is 19.2 Å². The second kappa shape index (κ2) is 8.00. The molecule has 0 bridgehead atoms. The van der Waals surface area contributed by atoms with Gasteiger partial charge in [0.25, 0.3) is 7.82 Å². The number of phosphoric acid groups is 2. The van der Waals surface area contributed by atoms with Crippen LogP contribution in [0.1, 0.15) is 0 Å². The molecule has 13 heavy (non-hydrogen) atoms. The van der Waals surface area contributed by atoms with Gasteiger partial charge >= 0.3 is 9.90 Å². The predicted molar refractivity (Wildman–Crippen MR) is 36.2 cm³/mol. The molecule has 0 aromatic carbocycles. The Labute approximate surface area is 78.4 Å². The SMILES string of the molecule is COP(=O)([O-])OC.O=P([O-])([O-])[O-].[P+4]. The van der Waals surface area contributed by atoms with E-state index in [2.05, 4.69) is 9.05 Å². The van der Waals surface area contributed by atoms with Crippen molar-refractivity contribution in [2.45, 2.75) is 0 Å². The molecule has 0 atom stereocenters. The van der Waals surface area contributed by atoms with Crippen LogP contribution in [0.15, 0.2) is 0 Å². The van der Waals surface area contributed by atoms with Crippen molar-refractivity contribution in [1.82, 2.24) is 0 Å². The Bertz CT molecular complexity index is 179. The van der Waals surface area contributed by atoms with Crippen LogP contribution >= 0.6 is 25.5 Å². The fourth-order valence-corrected chi connectivity index (χ4v) is 0.224. The van der Waals surface area contributed by atoms with E-state index >= 15 is 0 Å². The van der Waals surface area contributed by atoms with Crippen LogP contribution in [0.5, 0.6) is 0 Å². The van der Waals surface area contributed by atoms with E-state index in [9.17, 15) is 9.46 Å². The number of hydrogen-bond donors (Lipinski definition) is 0. The van der Waals surface area contributed by atoms with E-state index < -0.39 is 15.6 Å². The van der Waals surface area contributed by atoms with Crippen LogP contribution in [-0.2, 0) is 18.2 Å². The normalized spacial score (nSPS) is 10.9. The molecule has 0 amide bonds. The molecule has 0 saturated carbocycles. The minimum atomic E-state index is -5.39. The molecule has 8 nitrogen and oxygen atoms in total. The Morgan fingerprint density at radius 1 is 0.923 bits per heavy atom. The zero-order valence-corrected chi connectivity index (χ0v) is 9.29. The Morgan fingerprint density at radius 2 is 1.08 bits per heavy atom. The molecule has 1 radical (unpaired) electrons. The van der Waals surface area contributed by atoms with Crippen molar-refractivity contribution in [2.24, 2.45) is 0 Å². The second-order valence-electron chi connectivity index (χ2n) is 1.26. The maximum Gasteiger partial charge on any atom is 4.00 e. The fourth-order valence-electron chi connectivity index (χ4n) is 0.0745. The molecule has 0 N–H and O–H groups in total. The molecule has 0 heterocycles. The first kappa shape index (κ1) is 19.3. The molecule has 0 unspecified atom stereocenters. The van der Waals surface area contributed by atoms with E-state index in [0.717, 1.165) is 14.2 Å². The van der Waals surface area contributed by atoms with Crippen molar-refractivity contribution < 1.29 is 37.8 Å². The molecule has 0 aliphatic heterocycles. The topological polar surface area (TPSA) is 145 Å². The van der Waals surface area contributed by atoms with Gasteiger partial charge in [-0.15, -0.1) is 0 Å². The van der Waals surface area contributed by atoms with E-state index in [1.165, 1.54) is 0 Å². The molecule has 0 aromatic rings. The first-order chi connectivity index (χ1) is 5.12. The number of rotatable bonds is 2. The minimum absolute atomic E-state index is 0. The minimum Gasteiger partial charge on any atom is -0.822 e. The first-order valence-electron chi connectivity index (χ1n) is 2.28. The Balaban J connectivity index is -0.000000150. The maximum absolute atomic E-state index is 9.95. The quantitative estimate of drug-likeness (QED) is 0.501. The molecule has 0 saturated heterocycles. The smallest absolute Gasteiger partial charge is 0.822 e. The van der Waals surface area contributed by atoms with Gasteiger partial charge in [0, 0.05) is 14.2 Å². The van der Waals surface area contributed by atoms with Gasteiger partial charge in [-0.3, -0.25) is 4.57 Å². The van der Waals surface area contributed by atoms with Crippen LogP contribution < -0.4 is 19.6 Å². The van der Waals surface area contributed by atoms with Crippen molar-refractivity contribution in [3.63, 3.8) is 0 Å². The van der Waals surface area contributed by atoms with Gasteiger partial charge in [0.15, 0.2) is 0 Å². The zero-order valence-electron chi connectivity index (χ0n) is 6.61. The summed E-state index contributed by atoms with van der Waals surface area (Å²) in [6.07, 6.45) is 0. The van der Waals surface area contributed by atoms with Crippen LogP contribution in [-0.4, -0.2) is 14.2 Å². The van der Waals surface area contributed by atoms with Crippen molar-refractivity contribution >= 4 is 25.5 Å². The third-order valence-corrected chi connectivity index (χ3v) is 1.34. The Kier molecular flexibility index (Phi) is 11.9. The summed E-state index contributed by atoms with van der Waals surface area (Å²) in [5, 5.41) is 0. The summed E-state index contributed by atoms with van der Waals surface area (Å²) < 4.78 is 26.2. The summed E-state index contributed by atoms with van der Waals surface area (Å²) in [6, 6.07) is 0. The van der Waals surface area contributed by atoms with Crippen LogP contribution in [0.2, 0.25) is 0 Å². The van der Waals surface area contributed by atoms with Crippen molar-refractivity contribution in [1.29, 1.82) is 0 Å². The molecule has 0 spiro atoms. The third-order valence-electron chi connectivity index (χ3n) is 0.447. The van der Waals surface area contributed by atoms with E-state index in [0.29, 0.717) is 0 Å². The first-order valence-corrected chi connectivity index (χ1v) is 5.20. The largest absolute Gasteiger partial charge is 4.00 e. The van der Waals surface area contributed by atoms with Crippen LogP contribution in [0.3, 0.4) is 0 Å². The van der Waals surface area contributed by atoms with Gasteiger partial charge in [-0.25, -0.2) is 0 Å². The molecule has 77 valence electrons. The second-order valence-corrected chi connectivity index (χ2v) is 3.78. The fraction of sp³-hybridized carbons (Fsp3) is 1.00. The predicted octanol–water partition coefficient (Wildman–Crippen LogP) is -2.22. The van der Waals surface area contributed by atoms with Gasteiger partial charge in [-0.1, -0.05) is 0 Å². The molecule has 0 rings (SSSR count). The molecule has 0 fully saturated rings. The average Bonchev–Trinajstić information content (AvgIpc) is 1.85. The number of phosphoric ester groups is 1. The summed E-state index contributed by atoms with van der Waals surface area (Å²) in [7, 11) is -7.22. The summed E-state index contributed by atoms with van der Waals surface area (Å²) in [6.45, 7) is 0. The average molecular weight is 251 g/mol. The van der Waals surface area contributed by atoms with E-state index in [1.54, 1.807) is 0 Å². The van der Waals surface area contributed by atoms with Gasteiger partial charge in [-0.2, -0.15) is 7.82 Å². The van der Waals surface area contributed by atoms with Gasteiger partial charge in [-0.05, 0) is 0 Å². The molecule has 0 aliphatic carbocycles. The Morgan fingerprint density at radius 3 is 1.08 bits per heavy atom. The van der Waals surface area contributed by atoms with Crippen LogP contribution in [0.25, 0.3) is 0 Å². The Hall–Kier alpha value is 0.650. The van der Waals surface area contributed by atoms with E-state index in [1.807, 2.05) is 0 Å². The summed E-state index contributed by atoms with van der Waals surface area (Å²) in [5.74, 6) is 0. The van der Waals surface area contributed by atoms with Crippen LogP contribution in [0.4, 0.5) is 0 Å². The van der Waals surface area contributed by atoms with Gasteiger partial charge in [0.1, 0.15) is 0 Å². The maximum atomic E-state index is 9.95. The van der Waals surface area contributed by atoms with Gasteiger partial charge in [0.05, 0.1) is 0 Å². The molecular formula is C2H6O8P3. The van der Waals surface area contributed by atoms with Gasteiger partial charge in [0.2, 0.25) is 0 Å². The van der Waals surface area contributed by atoms with Gasteiger partial charge < -0.3 is 33.2 Å². The number of hydrogen-bond acceptors (Lipinski definition) is 8. The molecule has 11 heteroatoms.